The number of nitrogens with zero attached hydrogens (tertiary/aromatic N) is 2. The molecule has 5 heteroatoms. The van der Waals surface area contributed by atoms with Gasteiger partial charge in [-0.15, -0.1) is 0 Å². The number of hydrogen-bond donors (Lipinski definition) is 0. The molecule has 0 atom stereocenters. The van der Waals surface area contributed by atoms with Crippen molar-refractivity contribution in [3.63, 3.8) is 0 Å². The van der Waals surface area contributed by atoms with Crippen LogP contribution in [0.4, 0.5) is 0 Å². The van der Waals surface area contributed by atoms with E-state index in [2.05, 4.69) is 18.8 Å². The summed E-state index contributed by atoms with van der Waals surface area (Å²) in [5, 5.41) is 0. The van der Waals surface area contributed by atoms with Crippen molar-refractivity contribution in [1.29, 1.82) is 0 Å². The van der Waals surface area contributed by atoms with E-state index in [0.29, 0.717) is 42.3 Å². The van der Waals surface area contributed by atoms with Crippen molar-refractivity contribution in [2.24, 2.45) is 5.92 Å². The number of aryl methyl sites for hydroxylation is 1. The summed E-state index contributed by atoms with van der Waals surface area (Å²) in [5.41, 5.74) is 1.71. The summed E-state index contributed by atoms with van der Waals surface area (Å²) in [5.74, 6) is 0.818. The predicted octanol–water partition coefficient (Wildman–Crippen LogP) is 3.49. The third-order valence-corrected chi connectivity index (χ3v) is 4.14. The summed E-state index contributed by atoms with van der Waals surface area (Å²) in [6.45, 7) is 5.15. The second kappa shape index (κ2) is 6.99. The predicted molar refractivity (Wildman–Crippen MR) is 89.8 cm³/mol. The van der Waals surface area contributed by atoms with Gasteiger partial charge in [-0.3, -0.25) is 14.6 Å². The Morgan fingerprint density at radius 3 is 2.88 bits per heavy atom. The molecule has 1 amide bonds. The van der Waals surface area contributed by atoms with Gasteiger partial charge in [0.05, 0.1) is 23.4 Å². The zero-order chi connectivity index (χ0) is 17.1. The standard InChI is InChI=1S/C19H22N2O3/c1-13(2)10-21(11-14-6-3-4-9-20-14)19(23)15-12-24-17-8-5-7-16(22)18(15)17/h3-4,6,9,12-13H,5,7-8,10-11H2,1-2H3. The highest BCUT2D eigenvalue weighted by Gasteiger charge is 2.30. The van der Waals surface area contributed by atoms with Crippen LogP contribution in [0.5, 0.6) is 0 Å². The minimum Gasteiger partial charge on any atom is -0.468 e. The third-order valence-electron chi connectivity index (χ3n) is 4.14. The number of rotatable bonds is 5. The summed E-state index contributed by atoms with van der Waals surface area (Å²) in [4.78, 5) is 31.3. The van der Waals surface area contributed by atoms with Gasteiger partial charge in [-0.05, 0) is 24.5 Å². The van der Waals surface area contributed by atoms with Gasteiger partial charge in [-0.2, -0.15) is 0 Å². The Labute approximate surface area is 141 Å². The number of ketones is 1. The molecule has 0 radical (unpaired) electrons. The molecule has 3 rings (SSSR count). The highest BCUT2D eigenvalue weighted by Crippen LogP contribution is 2.27. The van der Waals surface area contributed by atoms with Crippen LogP contribution in [0.15, 0.2) is 35.1 Å². The zero-order valence-corrected chi connectivity index (χ0v) is 14.1. The van der Waals surface area contributed by atoms with Crippen molar-refractivity contribution in [2.45, 2.75) is 39.7 Å². The largest absolute Gasteiger partial charge is 0.468 e. The third kappa shape index (κ3) is 3.40. The minimum atomic E-state index is -0.158. The summed E-state index contributed by atoms with van der Waals surface area (Å²) >= 11 is 0. The van der Waals surface area contributed by atoms with Crippen LogP contribution < -0.4 is 0 Å². The maximum Gasteiger partial charge on any atom is 0.258 e. The van der Waals surface area contributed by atoms with Crippen LogP contribution in [0.1, 0.15) is 58.9 Å². The Bertz CT molecular complexity index is 734. The molecule has 126 valence electrons. The summed E-state index contributed by atoms with van der Waals surface area (Å²) in [6, 6.07) is 5.66. The van der Waals surface area contributed by atoms with E-state index >= 15 is 0 Å². The molecule has 0 saturated carbocycles. The molecule has 2 aromatic heterocycles. The molecular weight excluding hydrogens is 304 g/mol. The van der Waals surface area contributed by atoms with Crippen LogP contribution in [-0.4, -0.2) is 28.1 Å². The van der Waals surface area contributed by atoms with Crippen molar-refractivity contribution in [3.05, 3.63) is 53.2 Å². The van der Waals surface area contributed by atoms with E-state index in [4.69, 9.17) is 4.42 Å². The fraction of sp³-hybridized carbons (Fsp3) is 0.421. The van der Waals surface area contributed by atoms with Crippen molar-refractivity contribution in [2.75, 3.05) is 6.54 Å². The lowest BCUT2D eigenvalue weighted by atomic mass is 9.93. The van der Waals surface area contributed by atoms with E-state index in [9.17, 15) is 9.59 Å². The number of furan rings is 1. The maximum atomic E-state index is 13.0. The summed E-state index contributed by atoms with van der Waals surface area (Å²) in [6.07, 6.45) is 5.16. The van der Waals surface area contributed by atoms with Crippen LogP contribution in [0.25, 0.3) is 0 Å². The number of carbonyl (C=O) groups is 2. The van der Waals surface area contributed by atoms with Crippen LogP contribution in [0.3, 0.4) is 0 Å². The molecule has 0 saturated heterocycles. The molecule has 0 unspecified atom stereocenters. The number of Topliss-reactive ketones (excluding diaryl/α,β-unsaturated/α-hetero) is 1. The van der Waals surface area contributed by atoms with Crippen molar-refractivity contribution in [1.82, 2.24) is 9.88 Å². The van der Waals surface area contributed by atoms with Gasteiger partial charge < -0.3 is 9.32 Å². The lowest BCUT2D eigenvalue weighted by Gasteiger charge is -2.24. The van der Waals surface area contributed by atoms with Gasteiger partial charge in [0.15, 0.2) is 5.78 Å². The zero-order valence-electron chi connectivity index (χ0n) is 14.1. The molecule has 1 aliphatic carbocycles. The number of amides is 1. The van der Waals surface area contributed by atoms with Gasteiger partial charge in [0.25, 0.3) is 5.91 Å². The Morgan fingerprint density at radius 1 is 1.33 bits per heavy atom. The molecular formula is C19H22N2O3. The first-order valence-electron chi connectivity index (χ1n) is 8.39. The molecule has 0 fully saturated rings. The number of aromatic nitrogens is 1. The van der Waals surface area contributed by atoms with E-state index in [0.717, 1.165) is 18.5 Å². The van der Waals surface area contributed by atoms with E-state index in [1.807, 2.05) is 18.2 Å². The first-order valence-corrected chi connectivity index (χ1v) is 8.39. The van der Waals surface area contributed by atoms with Crippen LogP contribution in [0.2, 0.25) is 0 Å². The Kier molecular flexibility index (Phi) is 4.79. The van der Waals surface area contributed by atoms with Gasteiger partial charge in [0.2, 0.25) is 0 Å². The number of carbonyl (C=O) groups excluding carboxylic acids is 2. The second-order valence-electron chi connectivity index (χ2n) is 6.62. The monoisotopic (exact) mass is 326 g/mol. The Morgan fingerprint density at radius 2 is 2.17 bits per heavy atom. The minimum absolute atomic E-state index is 0.00989. The maximum absolute atomic E-state index is 13.0. The fourth-order valence-electron chi connectivity index (χ4n) is 3.10. The average molecular weight is 326 g/mol. The SMILES string of the molecule is CC(C)CN(Cc1ccccn1)C(=O)c1coc2c1C(=O)CCC2. The van der Waals surface area contributed by atoms with E-state index < -0.39 is 0 Å². The highest BCUT2D eigenvalue weighted by molar-refractivity contribution is 6.09. The van der Waals surface area contributed by atoms with Crippen LogP contribution in [0, 0.1) is 5.92 Å². The lowest BCUT2D eigenvalue weighted by molar-refractivity contribution is 0.0715. The molecule has 0 N–H and O–H groups in total. The van der Waals surface area contributed by atoms with Crippen molar-refractivity contribution >= 4 is 11.7 Å². The topological polar surface area (TPSA) is 63.4 Å². The van der Waals surface area contributed by atoms with Gasteiger partial charge in [0, 0.05) is 25.6 Å². The molecule has 2 heterocycles. The van der Waals surface area contributed by atoms with Crippen molar-refractivity contribution < 1.29 is 14.0 Å². The number of hydrogen-bond acceptors (Lipinski definition) is 4. The highest BCUT2D eigenvalue weighted by atomic mass is 16.3. The second-order valence-corrected chi connectivity index (χ2v) is 6.62. The quantitative estimate of drug-likeness (QED) is 0.843. The van der Waals surface area contributed by atoms with Crippen LogP contribution >= 0.6 is 0 Å². The molecule has 0 bridgehead atoms. The normalized spacial score (nSPS) is 13.9. The first-order chi connectivity index (χ1) is 11.6. The average Bonchev–Trinajstić information content (AvgIpc) is 2.99. The summed E-state index contributed by atoms with van der Waals surface area (Å²) in [7, 11) is 0. The number of pyridine rings is 1. The molecule has 0 aliphatic heterocycles. The van der Waals surface area contributed by atoms with Crippen LogP contribution in [-0.2, 0) is 13.0 Å². The smallest absolute Gasteiger partial charge is 0.258 e. The Hall–Kier alpha value is -2.43. The van der Waals surface area contributed by atoms with Gasteiger partial charge in [-0.25, -0.2) is 0 Å². The lowest BCUT2D eigenvalue weighted by Crippen LogP contribution is -2.34. The first kappa shape index (κ1) is 16.4. The fourth-order valence-corrected chi connectivity index (χ4v) is 3.10. The van der Waals surface area contributed by atoms with Gasteiger partial charge in [0.1, 0.15) is 12.0 Å². The van der Waals surface area contributed by atoms with E-state index in [1.165, 1.54) is 6.26 Å². The van der Waals surface area contributed by atoms with Gasteiger partial charge >= 0.3 is 0 Å². The van der Waals surface area contributed by atoms with Crippen molar-refractivity contribution in [3.8, 4) is 0 Å². The molecule has 0 aromatic carbocycles. The molecule has 5 nitrogen and oxygen atoms in total. The molecule has 1 aliphatic rings. The van der Waals surface area contributed by atoms with E-state index in [-0.39, 0.29) is 11.7 Å². The molecule has 24 heavy (non-hydrogen) atoms. The van der Waals surface area contributed by atoms with E-state index in [1.54, 1.807) is 11.1 Å². The van der Waals surface area contributed by atoms with Gasteiger partial charge in [-0.1, -0.05) is 19.9 Å². The summed E-state index contributed by atoms with van der Waals surface area (Å²) < 4.78 is 5.50. The Balaban J connectivity index is 1.89. The number of fused-ring (bicyclic) bond motifs is 1. The molecule has 2 aromatic rings. The molecule has 0 spiro atoms.